The molecule has 1 fully saturated rings. The molecule has 0 amide bonds. The quantitative estimate of drug-likeness (QED) is 0.410. The average Bonchev–Trinajstić information content (AvgIpc) is 3.38. The third-order valence-corrected chi connectivity index (χ3v) is 6.58. The number of rotatable bonds is 12. The highest BCUT2D eigenvalue weighted by Crippen LogP contribution is 2.22. The first-order valence-corrected chi connectivity index (χ1v) is 12.5. The van der Waals surface area contributed by atoms with Gasteiger partial charge in [-0.05, 0) is 56.6 Å². The summed E-state index contributed by atoms with van der Waals surface area (Å²) in [5, 5.41) is 16.1. The minimum Gasteiger partial charge on any atom is -0.480 e. The predicted molar refractivity (Wildman–Crippen MR) is 131 cm³/mol. The van der Waals surface area contributed by atoms with Crippen molar-refractivity contribution < 1.29 is 9.90 Å². The van der Waals surface area contributed by atoms with Crippen molar-refractivity contribution in [1.82, 2.24) is 15.0 Å². The summed E-state index contributed by atoms with van der Waals surface area (Å²) >= 11 is 0. The van der Waals surface area contributed by atoms with Gasteiger partial charge in [0.25, 0.3) is 0 Å². The maximum atomic E-state index is 11.7. The number of nitrogens with zero attached hydrogens (tertiary/aromatic N) is 4. The summed E-state index contributed by atoms with van der Waals surface area (Å²) in [6.45, 7) is 3.02. The summed E-state index contributed by atoms with van der Waals surface area (Å²) in [6, 6.07) is 5.62. The van der Waals surface area contributed by atoms with Crippen molar-refractivity contribution in [2.45, 2.75) is 76.7 Å². The van der Waals surface area contributed by atoms with E-state index in [1.165, 1.54) is 31.2 Å². The highest BCUT2D eigenvalue weighted by atomic mass is 16.4. The van der Waals surface area contributed by atoms with Crippen LogP contribution in [0.25, 0.3) is 0 Å². The van der Waals surface area contributed by atoms with Crippen LogP contribution < -0.4 is 15.5 Å². The first-order chi connectivity index (χ1) is 16.2. The summed E-state index contributed by atoms with van der Waals surface area (Å²) in [7, 11) is 0. The fraction of sp³-hybridized carbons (Fsp3) is 0.600. The van der Waals surface area contributed by atoms with E-state index in [0.717, 1.165) is 81.9 Å². The molecule has 2 aromatic rings. The van der Waals surface area contributed by atoms with Gasteiger partial charge in [0.2, 0.25) is 0 Å². The normalized spacial score (nSPS) is 16.2. The number of carboxylic acids is 1. The van der Waals surface area contributed by atoms with Gasteiger partial charge < -0.3 is 20.6 Å². The maximum Gasteiger partial charge on any atom is 0.326 e. The van der Waals surface area contributed by atoms with Gasteiger partial charge in [-0.3, -0.25) is 0 Å². The van der Waals surface area contributed by atoms with Crippen LogP contribution >= 0.6 is 0 Å². The molecule has 2 aromatic heterocycles. The average molecular weight is 453 g/mol. The monoisotopic (exact) mass is 452 g/mol. The Morgan fingerprint density at radius 1 is 1.09 bits per heavy atom. The van der Waals surface area contributed by atoms with Crippen molar-refractivity contribution in [2.75, 3.05) is 35.2 Å². The van der Waals surface area contributed by atoms with Crippen LogP contribution in [0.4, 0.5) is 17.5 Å². The van der Waals surface area contributed by atoms with Gasteiger partial charge in [0.1, 0.15) is 29.8 Å². The van der Waals surface area contributed by atoms with Gasteiger partial charge in [-0.2, -0.15) is 0 Å². The zero-order valence-electron chi connectivity index (χ0n) is 19.4. The topological polar surface area (TPSA) is 103 Å². The number of carbonyl (C=O) groups is 1. The smallest absolute Gasteiger partial charge is 0.326 e. The number of fused-ring (bicyclic) bond motifs is 1. The fourth-order valence-electron chi connectivity index (χ4n) is 4.67. The molecule has 1 saturated heterocycles. The van der Waals surface area contributed by atoms with Crippen LogP contribution in [0.2, 0.25) is 0 Å². The van der Waals surface area contributed by atoms with Gasteiger partial charge in [-0.25, -0.2) is 19.7 Å². The molecular weight excluding hydrogens is 416 g/mol. The van der Waals surface area contributed by atoms with E-state index in [-0.39, 0.29) is 0 Å². The number of aliphatic carboxylic acids is 1. The molecule has 0 aliphatic carbocycles. The number of aromatic nitrogens is 3. The Kier molecular flexibility index (Phi) is 8.33. The maximum absolute atomic E-state index is 11.7. The highest BCUT2D eigenvalue weighted by Gasteiger charge is 2.19. The van der Waals surface area contributed by atoms with Crippen molar-refractivity contribution in [3.05, 3.63) is 35.8 Å². The Hall–Kier alpha value is -2.90. The SMILES string of the molecule is O=C(O)[C@H](CCCCCCCc1ccc2c(n1)NCCC2)Nc1cc(N2CCCC2)ncn1. The molecule has 8 heteroatoms. The first kappa shape index (κ1) is 23.3. The molecule has 0 spiro atoms. The Morgan fingerprint density at radius 3 is 2.76 bits per heavy atom. The number of pyridine rings is 1. The number of unbranched alkanes of at least 4 members (excludes halogenated alkanes) is 4. The number of aryl methyl sites for hydroxylation is 2. The summed E-state index contributed by atoms with van der Waals surface area (Å²) in [5.41, 5.74) is 2.50. The molecule has 4 rings (SSSR count). The van der Waals surface area contributed by atoms with Crippen molar-refractivity contribution >= 4 is 23.4 Å². The molecule has 8 nitrogen and oxygen atoms in total. The molecule has 1 atom stereocenters. The zero-order chi connectivity index (χ0) is 22.9. The van der Waals surface area contributed by atoms with E-state index in [1.807, 2.05) is 6.07 Å². The van der Waals surface area contributed by atoms with Crippen LogP contribution in [-0.4, -0.2) is 51.7 Å². The van der Waals surface area contributed by atoms with E-state index in [9.17, 15) is 9.90 Å². The predicted octanol–water partition coefficient (Wildman–Crippen LogP) is 4.28. The standard InChI is InChI=1S/C25H36N6O2/c32-25(33)21(30-22-17-23(28-18-27-22)31-15-6-7-16-31)11-5-3-1-2-4-10-20-13-12-19-9-8-14-26-24(19)29-20/h12-13,17-18,21H,1-11,14-16H2,(H,26,29)(H,32,33)(H,27,28,30)/t21-/m0/s1. The highest BCUT2D eigenvalue weighted by molar-refractivity contribution is 5.77. The molecule has 0 radical (unpaired) electrons. The minimum atomic E-state index is -0.830. The summed E-state index contributed by atoms with van der Waals surface area (Å²) in [5.74, 6) is 1.70. The van der Waals surface area contributed by atoms with Crippen LogP contribution in [0.5, 0.6) is 0 Å². The lowest BCUT2D eigenvalue weighted by Gasteiger charge is -2.19. The first-order valence-electron chi connectivity index (χ1n) is 12.5. The Morgan fingerprint density at radius 2 is 1.91 bits per heavy atom. The molecule has 0 aromatic carbocycles. The number of hydrogen-bond acceptors (Lipinski definition) is 7. The van der Waals surface area contributed by atoms with E-state index in [4.69, 9.17) is 4.98 Å². The van der Waals surface area contributed by atoms with E-state index < -0.39 is 12.0 Å². The summed E-state index contributed by atoms with van der Waals surface area (Å²) in [4.78, 5) is 27.3. The molecule has 33 heavy (non-hydrogen) atoms. The van der Waals surface area contributed by atoms with Gasteiger partial charge in [-0.1, -0.05) is 31.7 Å². The number of nitrogens with one attached hydrogen (secondary N) is 2. The molecule has 4 heterocycles. The van der Waals surface area contributed by atoms with E-state index >= 15 is 0 Å². The molecular formula is C25H36N6O2. The Balaban J connectivity index is 1.14. The lowest BCUT2D eigenvalue weighted by Crippen LogP contribution is -2.30. The second kappa shape index (κ2) is 11.8. The van der Waals surface area contributed by atoms with Gasteiger partial charge >= 0.3 is 5.97 Å². The van der Waals surface area contributed by atoms with E-state index in [1.54, 1.807) is 0 Å². The van der Waals surface area contributed by atoms with Crippen molar-refractivity contribution in [3.63, 3.8) is 0 Å². The van der Waals surface area contributed by atoms with Crippen LogP contribution in [0.15, 0.2) is 24.5 Å². The second-order valence-corrected chi connectivity index (χ2v) is 9.14. The molecule has 3 N–H and O–H groups in total. The van der Waals surface area contributed by atoms with Crippen LogP contribution in [0.3, 0.4) is 0 Å². The molecule has 0 saturated carbocycles. The van der Waals surface area contributed by atoms with E-state index in [2.05, 4.69) is 37.6 Å². The summed E-state index contributed by atoms with van der Waals surface area (Å²) in [6.07, 6.45) is 13.1. The van der Waals surface area contributed by atoms with Crippen molar-refractivity contribution in [1.29, 1.82) is 0 Å². The molecule has 0 unspecified atom stereocenters. The zero-order valence-corrected chi connectivity index (χ0v) is 19.4. The van der Waals surface area contributed by atoms with Gasteiger partial charge in [-0.15, -0.1) is 0 Å². The van der Waals surface area contributed by atoms with E-state index in [0.29, 0.717) is 12.2 Å². The van der Waals surface area contributed by atoms with Crippen molar-refractivity contribution in [2.24, 2.45) is 0 Å². The molecule has 0 bridgehead atoms. The molecule has 2 aliphatic rings. The number of anilines is 3. The van der Waals surface area contributed by atoms with Crippen LogP contribution in [-0.2, 0) is 17.6 Å². The van der Waals surface area contributed by atoms with Gasteiger partial charge in [0, 0.05) is 31.4 Å². The number of hydrogen-bond donors (Lipinski definition) is 3. The lowest BCUT2D eigenvalue weighted by molar-refractivity contribution is -0.138. The van der Waals surface area contributed by atoms with Crippen LogP contribution in [0, 0.1) is 0 Å². The fourth-order valence-corrected chi connectivity index (χ4v) is 4.67. The Bertz CT molecular complexity index is 916. The van der Waals surface area contributed by atoms with Crippen LogP contribution in [0.1, 0.15) is 69.0 Å². The van der Waals surface area contributed by atoms with Crippen molar-refractivity contribution in [3.8, 4) is 0 Å². The minimum absolute atomic E-state index is 0.589. The molecule has 178 valence electrons. The summed E-state index contributed by atoms with van der Waals surface area (Å²) < 4.78 is 0. The third-order valence-electron chi connectivity index (χ3n) is 6.58. The van der Waals surface area contributed by atoms with Gasteiger partial charge in [0.15, 0.2) is 0 Å². The Labute approximate surface area is 196 Å². The second-order valence-electron chi connectivity index (χ2n) is 9.14. The van der Waals surface area contributed by atoms with Gasteiger partial charge in [0.05, 0.1) is 0 Å². The largest absolute Gasteiger partial charge is 0.480 e. The number of carboxylic acid groups (broad SMARTS) is 1. The molecule has 2 aliphatic heterocycles. The third kappa shape index (κ3) is 6.79. The lowest BCUT2D eigenvalue weighted by atomic mass is 10.0.